The van der Waals surface area contributed by atoms with E-state index in [1.54, 1.807) is 54.6 Å². The molecule has 2 aliphatic heterocycles. The molecule has 78 heavy (non-hydrogen) atoms. The Morgan fingerprint density at radius 3 is 1.32 bits per heavy atom. The van der Waals surface area contributed by atoms with E-state index >= 15 is 0 Å². The average Bonchev–Trinajstić information content (AvgIpc) is 3.64. The predicted octanol–water partition coefficient (Wildman–Crippen LogP) is 9.44. The molecule has 0 amide bonds. The molecule has 6 aromatic carbocycles. The van der Waals surface area contributed by atoms with Crippen LogP contribution in [0.5, 0.6) is 0 Å². The standard InChI is InChI=1S/C58H62N5O14P/c1-62(2)78(67,63(3)4)77-58-53(76-56(66)45-33-21-10-22-34-45)52(75-55(65)44-31-19-9-20-32-44)50(74-54(64)43-29-17-8-18-30-43)47(73-58)39-71-57-48(60-61-59)51(70-37-42-27-15-7-16-28-42)49(69-36-41-25-13-6-14-26-41)46(72-57)38-68-35-40-23-11-5-12-24-40/h5-34,46-53,57-58H,35-39H2,1-4H3/t46-,47-,48-,49+,50-,51-,52+,53-,57-,58+/m1/s1. The molecule has 0 spiro atoms. The monoisotopic (exact) mass is 1080 g/mol. The molecule has 10 atom stereocenters. The zero-order chi connectivity index (χ0) is 54.9. The van der Waals surface area contributed by atoms with E-state index in [1.165, 1.54) is 73.9 Å². The van der Waals surface area contributed by atoms with Gasteiger partial charge in [0.15, 0.2) is 24.6 Å². The number of hydrogen-bond donors (Lipinski definition) is 0. The molecule has 0 bridgehead atoms. The van der Waals surface area contributed by atoms with Crippen molar-refractivity contribution in [2.45, 2.75) is 81.2 Å². The second-order valence-corrected chi connectivity index (χ2v) is 21.4. The Hall–Kier alpha value is -7.09. The molecule has 0 aliphatic carbocycles. The molecular formula is C58H62N5O14P. The van der Waals surface area contributed by atoms with Crippen molar-refractivity contribution in [3.05, 3.63) is 226 Å². The van der Waals surface area contributed by atoms with E-state index in [0.717, 1.165) is 16.7 Å². The summed E-state index contributed by atoms with van der Waals surface area (Å²) >= 11 is 0. The van der Waals surface area contributed by atoms with Crippen LogP contribution in [0.3, 0.4) is 0 Å². The van der Waals surface area contributed by atoms with Gasteiger partial charge in [0.25, 0.3) is 0 Å². The van der Waals surface area contributed by atoms with E-state index in [4.69, 9.17) is 47.2 Å². The van der Waals surface area contributed by atoms with Gasteiger partial charge in [0.05, 0.1) is 49.7 Å². The van der Waals surface area contributed by atoms with Crippen molar-refractivity contribution in [3.8, 4) is 0 Å². The molecule has 2 heterocycles. The lowest BCUT2D eigenvalue weighted by Crippen LogP contribution is -2.64. The SMILES string of the molecule is CN(C)P(=O)(O[C@@H]1O[C@H](CO[C@@H]2O[C@H](COCc3ccccc3)[C@H](OCc3ccccc3)[C@H](OCc3ccccc3)[C@H]2N=[N+]=[N-])[C@@H](OC(=O)c2ccccc2)[C@H](OC(=O)c2ccccc2)[C@H]1OC(=O)c1ccccc1)N(C)C. The third kappa shape index (κ3) is 14.9. The van der Waals surface area contributed by atoms with Gasteiger partial charge in [-0.05, 0) is 86.8 Å². The first-order valence-electron chi connectivity index (χ1n) is 25.2. The Kier molecular flexibility index (Phi) is 20.5. The minimum atomic E-state index is -4.07. The molecule has 8 rings (SSSR count). The summed E-state index contributed by atoms with van der Waals surface area (Å²) in [5, 5.41) is 4.22. The maximum Gasteiger partial charge on any atom is 0.347 e. The molecule has 0 radical (unpaired) electrons. The van der Waals surface area contributed by atoms with Crippen molar-refractivity contribution in [1.29, 1.82) is 0 Å². The van der Waals surface area contributed by atoms with Gasteiger partial charge in [0, 0.05) is 4.91 Å². The van der Waals surface area contributed by atoms with Crippen LogP contribution in [-0.4, -0.2) is 130 Å². The van der Waals surface area contributed by atoms with Gasteiger partial charge in [0.2, 0.25) is 6.29 Å². The van der Waals surface area contributed by atoms with Gasteiger partial charge < -0.3 is 42.6 Å². The molecule has 0 saturated carbocycles. The number of azide groups is 1. The molecule has 2 fully saturated rings. The topological polar surface area (TPSA) is 216 Å². The number of carbonyl (C=O) groups is 3. The van der Waals surface area contributed by atoms with Crippen LogP contribution >= 0.6 is 7.67 Å². The van der Waals surface area contributed by atoms with Gasteiger partial charge in [-0.25, -0.2) is 23.7 Å². The second-order valence-electron chi connectivity index (χ2n) is 18.6. The van der Waals surface area contributed by atoms with Crippen LogP contribution < -0.4 is 0 Å². The van der Waals surface area contributed by atoms with E-state index < -0.39 is 93.5 Å². The summed E-state index contributed by atoms with van der Waals surface area (Å²) in [6.07, 6.45) is -12.9. The highest BCUT2D eigenvalue weighted by Gasteiger charge is 2.56. The van der Waals surface area contributed by atoms with E-state index in [0.29, 0.717) is 0 Å². The fourth-order valence-electron chi connectivity index (χ4n) is 8.81. The Balaban J connectivity index is 1.20. The maximum atomic E-state index is 14.9. The molecule has 2 saturated heterocycles. The summed E-state index contributed by atoms with van der Waals surface area (Å²) in [7, 11) is 2.02. The first kappa shape index (κ1) is 57.1. The molecule has 0 aromatic heterocycles. The number of rotatable bonds is 24. The highest BCUT2D eigenvalue weighted by Crippen LogP contribution is 2.53. The number of carbonyl (C=O) groups excluding carboxylic acids is 3. The minimum Gasteiger partial charge on any atom is -0.452 e. The number of benzene rings is 6. The fourth-order valence-corrected chi connectivity index (χ4v) is 10.3. The van der Waals surface area contributed by atoms with Crippen LogP contribution in [0.1, 0.15) is 47.8 Å². The predicted molar refractivity (Wildman–Crippen MR) is 285 cm³/mol. The van der Waals surface area contributed by atoms with Crippen LogP contribution in [0.15, 0.2) is 187 Å². The van der Waals surface area contributed by atoms with Crippen LogP contribution in [0.2, 0.25) is 0 Å². The van der Waals surface area contributed by atoms with E-state index in [-0.39, 0.29) is 43.1 Å². The summed E-state index contributed by atoms with van der Waals surface area (Å²) in [6.45, 7) is -0.234. The van der Waals surface area contributed by atoms with Crippen LogP contribution in [0, 0.1) is 0 Å². The molecule has 0 unspecified atom stereocenters. The van der Waals surface area contributed by atoms with Crippen LogP contribution in [-0.2, 0) is 71.5 Å². The number of nitrogens with zero attached hydrogens (tertiary/aromatic N) is 5. The molecule has 20 heteroatoms. The third-order valence-electron chi connectivity index (χ3n) is 12.8. The molecule has 6 aromatic rings. The molecular weight excluding hydrogens is 1020 g/mol. The highest BCUT2D eigenvalue weighted by atomic mass is 31.2. The van der Waals surface area contributed by atoms with Gasteiger partial charge in [-0.15, -0.1) is 0 Å². The summed E-state index contributed by atoms with van der Waals surface area (Å²) in [5.41, 5.74) is 13.2. The first-order chi connectivity index (χ1) is 37.9. The fraction of sp³-hybridized carbons (Fsp3) is 0.328. The van der Waals surface area contributed by atoms with Crippen molar-refractivity contribution in [2.24, 2.45) is 5.11 Å². The van der Waals surface area contributed by atoms with Gasteiger partial charge >= 0.3 is 25.6 Å². The lowest BCUT2D eigenvalue weighted by molar-refractivity contribution is -0.312. The summed E-state index contributed by atoms with van der Waals surface area (Å²) in [5.74, 6) is -2.67. The van der Waals surface area contributed by atoms with E-state index in [2.05, 4.69) is 10.0 Å². The molecule has 19 nitrogen and oxygen atoms in total. The largest absolute Gasteiger partial charge is 0.452 e. The lowest BCUT2D eigenvalue weighted by atomic mass is 9.96. The van der Waals surface area contributed by atoms with Gasteiger partial charge in [0.1, 0.15) is 30.5 Å². The van der Waals surface area contributed by atoms with Gasteiger partial charge in [-0.3, -0.25) is 9.09 Å². The average molecular weight is 1080 g/mol. The van der Waals surface area contributed by atoms with Gasteiger partial charge in [-0.1, -0.05) is 151 Å². The number of ether oxygens (including phenoxy) is 9. The van der Waals surface area contributed by atoms with Crippen molar-refractivity contribution in [1.82, 2.24) is 9.34 Å². The summed E-state index contributed by atoms with van der Waals surface area (Å²) < 4.78 is 82.7. The van der Waals surface area contributed by atoms with Crippen molar-refractivity contribution in [3.63, 3.8) is 0 Å². The third-order valence-corrected chi connectivity index (χ3v) is 15.3. The zero-order valence-corrected chi connectivity index (χ0v) is 44.4. The quantitative estimate of drug-likeness (QED) is 0.0138. The van der Waals surface area contributed by atoms with E-state index in [1.807, 2.05) is 91.0 Å². The highest BCUT2D eigenvalue weighted by molar-refractivity contribution is 7.53. The maximum absolute atomic E-state index is 14.9. The van der Waals surface area contributed by atoms with Crippen LogP contribution in [0.25, 0.3) is 10.4 Å². The Morgan fingerprint density at radius 2 is 0.872 bits per heavy atom. The normalized spacial score (nSPS) is 23.2. The molecule has 0 N–H and O–H groups in total. The van der Waals surface area contributed by atoms with Crippen molar-refractivity contribution >= 4 is 25.6 Å². The zero-order valence-electron chi connectivity index (χ0n) is 43.5. The van der Waals surface area contributed by atoms with Crippen molar-refractivity contribution < 1.29 is 66.1 Å². The molecule has 2 aliphatic rings. The molecule has 408 valence electrons. The first-order valence-corrected chi connectivity index (χ1v) is 26.8. The number of esters is 3. The summed E-state index contributed by atoms with van der Waals surface area (Å²) in [4.78, 5) is 46.1. The number of hydrogen-bond acceptors (Lipinski definition) is 15. The van der Waals surface area contributed by atoms with Crippen LogP contribution in [0.4, 0.5) is 0 Å². The lowest BCUT2D eigenvalue weighted by Gasteiger charge is -2.47. The Bertz CT molecular complexity index is 2920. The smallest absolute Gasteiger partial charge is 0.347 e. The second kappa shape index (κ2) is 28.0. The van der Waals surface area contributed by atoms with Gasteiger partial charge in [-0.2, -0.15) is 0 Å². The minimum absolute atomic E-state index is 0.0497. The Morgan fingerprint density at radius 1 is 0.487 bits per heavy atom. The summed E-state index contributed by atoms with van der Waals surface area (Å²) in [6, 6.07) is 51.3. The van der Waals surface area contributed by atoms with Crippen molar-refractivity contribution in [2.75, 3.05) is 41.4 Å². The Labute approximate surface area is 452 Å². The van der Waals surface area contributed by atoms with E-state index in [9.17, 15) is 24.5 Å².